The van der Waals surface area contributed by atoms with Gasteiger partial charge in [0.1, 0.15) is 13.2 Å². The third-order valence-corrected chi connectivity index (χ3v) is 7.92. The molecule has 0 unspecified atom stereocenters. The van der Waals surface area contributed by atoms with Crippen molar-refractivity contribution in [3.05, 3.63) is 53.7 Å². The zero-order valence-electron chi connectivity index (χ0n) is 17.8. The van der Waals surface area contributed by atoms with Crippen LogP contribution in [0.25, 0.3) is 10.9 Å². The lowest BCUT2D eigenvalue weighted by Crippen LogP contribution is -2.49. The van der Waals surface area contributed by atoms with Crippen LogP contribution in [-0.4, -0.2) is 74.3 Å². The highest BCUT2D eigenvalue weighted by Crippen LogP contribution is 2.33. The molecule has 1 N–H and O–H groups in total. The largest absolute Gasteiger partial charge is 0.486 e. The Morgan fingerprint density at radius 1 is 1.00 bits per heavy atom. The van der Waals surface area contributed by atoms with E-state index < -0.39 is 10.0 Å². The fourth-order valence-corrected chi connectivity index (χ4v) is 5.82. The van der Waals surface area contributed by atoms with Crippen molar-refractivity contribution in [2.45, 2.75) is 11.8 Å². The number of carbonyl (C=O) groups excluding carboxylic acids is 1. The van der Waals surface area contributed by atoms with E-state index in [0.29, 0.717) is 56.5 Å². The molecule has 0 saturated carbocycles. The number of fused-ring (bicyclic) bond motifs is 2. The van der Waals surface area contributed by atoms with Crippen molar-refractivity contribution >= 4 is 26.7 Å². The molecule has 1 fully saturated rings. The topological polar surface area (TPSA) is 91.9 Å². The molecule has 9 heteroatoms. The van der Waals surface area contributed by atoms with Gasteiger partial charge in [-0.05, 0) is 25.1 Å². The molecule has 32 heavy (non-hydrogen) atoms. The van der Waals surface area contributed by atoms with E-state index in [1.807, 2.05) is 36.1 Å². The van der Waals surface area contributed by atoms with E-state index in [-0.39, 0.29) is 17.2 Å². The quantitative estimate of drug-likeness (QED) is 0.594. The number of benzene rings is 2. The van der Waals surface area contributed by atoms with Crippen LogP contribution in [0.1, 0.15) is 16.1 Å². The number of nitrogens with one attached hydrogen (secondary N) is 1. The Bertz CT molecular complexity index is 1280. The second-order valence-corrected chi connectivity index (χ2v) is 10.0. The number of aryl methyl sites for hydroxylation is 1. The van der Waals surface area contributed by atoms with Gasteiger partial charge in [-0.3, -0.25) is 9.69 Å². The lowest BCUT2D eigenvalue weighted by atomic mass is 10.1. The van der Waals surface area contributed by atoms with Gasteiger partial charge in [-0.2, -0.15) is 4.31 Å². The maximum absolute atomic E-state index is 13.1. The molecule has 3 aromatic rings. The molecule has 0 amide bonds. The minimum atomic E-state index is -3.64. The van der Waals surface area contributed by atoms with Crippen LogP contribution in [0.2, 0.25) is 0 Å². The minimum Gasteiger partial charge on any atom is -0.486 e. The van der Waals surface area contributed by atoms with Crippen LogP contribution in [0, 0.1) is 6.92 Å². The fraction of sp³-hybridized carbons (Fsp3) is 0.348. The molecule has 0 bridgehead atoms. The summed E-state index contributed by atoms with van der Waals surface area (Å²) in [5.74, 6) is 1.06. The molecule has 2 aliphatic heterocycles. The highest BCUT2D eigenvalue weighted by atomic mass is 32.2. The number of ketones is 1. The van der Waals surface area contributed by atoms with Gasteiger partial charge in [0.15, 0.2) is 17.3 Å². The summed E-state index contributed by atoms with van der Waals surface area (Å²) in [6.07, 6.45) is 0. The van der Waals surface area contributed by atoms with Crippen molar-refractivity contribution in [1.29, 1.82) is 0 Å². The number of aromatic amines is 1. The fourth-order valence-electron chi connectivity index (χ4n) is 4.38. The molecule has 0 aliphatic carbocycles. The van der Waals surface area contributed by atoms with Crippen molar-refractivity contribution in [1.82, 2.24) is 14.2 Å². The standard InChI is InChI=1S/C23H25N3O5S/c1-16-23(18-4-2-3-5-19(18)24-16)20(27)15-25-8-10-26(11-9-25)32(28,29)17-6-7-21-22(14-17)31-13-12-30-21/h2-7,14,24H,8-13,15H2,1H3. The predicted octanol–water partition coefficient (Wildman–Crippen LogP) is 2.44. The number of rotatable bonds is 5. The summed E-state index contributed by atoms with van der Waals surface area (Å²) in [4.78, 5) is 18.5. The lowest BCUT2D eigenvalue weighted by molar-refractivity contribution is 0.0902. The van der Waals surface area contributed by atoms with Gasteiger partial charge >= 0.3 is 0 Å². The number of ether oxygens (including phenoxy) is 2. The van der Waals surface area contributed by atoms with Gasteiger partial charge in [0.05, 0.1) is 11.4 Å². The molecule has 3 heterocycles. The molecule has 8 nitrogen and oxygen atoms in total. The first-order chi connectivity index (χ1) is 15.4. The first-order valence-corrected chi connectivity index (χ1v) is 12.1. The summed E-state index contributed by atoms with van der Waals surface area (Å²) in [6.45, 7) is 4.68. The summed E-state index contributed by atoms with van der Waals surface area (Å²) in [5.41, 5.74) is 2.52. The van der Waals surface area contributed by atoms with Crippen LogP contribution in [0.4, 0.5) is 0 Å². The van der Waals surface area contributed by atoms with Crippen molar-refractivity contribution in [2.75, 3.05) is 45.9 Å². The molecule has 2 aliphatic rings. The van der Waals surface area contributed by atoms with Gasteiger partial charge in [0.2, 0.25) is 10.0 Å². The highest BCUT2D eigenvalue weighted by Gasteiger charge is 2.30. The number of sulfonamides is 1. The first kappa shape index (κ1) is 21.0. The van der Waals surface area contributed by atoms with E-state index >= 15 is 0 Å². The number of aromatic nitrogens is 1. The average Bonchev–Trinajstić information content (AvgIpc) is 3.15. The summed E-state index contributed by atoms with van der Waals surface area (Å²) in [6, 6.07) is 12.5. The van der Waals surface area contributed by atoms with Gasteiger partial charge in [0.25, 0.3) is 0 Å². The van der Waals surface area contributed by atoms with Gasteiger partial charge in [-0.25, -0.2) is 8.42 Å². The summed E-state index contributed by atoms with van der Waals surface area (Å²) in [5, 5.41) is 0.926. The minimum absolute atomic E-state index is 0.0445. The number of H-pyrrole nitrogens is 1. The van der Waals surface area contributed by atoms with E-state index in [4.69, 9.17) is 9.47 Å². The van der Waals surface area contributed by atoms with E-state index in [0.717, 1.165) is 16.6 Å². The number of Topliss-reactive ketones (excluding diaryl/α,β-unsaturated/α-hetero) is 1. The van der Waals surface area contributed by atoms with E-state index in [1.54, 1.807) is 12.1 Å². The molecule has 1 saturated heterocycles. The predicted molar refractivity (Wildman–Crippen MR) is 120 cm³/mol. The summed E-state index contributed by atoms with van der Waals surface area (Å²) >= 11 is 0. The van der Waals surface area contributed by atoms with Crippen LogP contribution in [0.3, 0.4) is 0 Å². The molecule has 5 rings (SSSR count). The van der Waals surface area contributed by atoms with Crippen LogP contribution in [0.5, 0.6) is 11.5 Å². The normalized spacial score (nSPS) is 17.5. The smallest absolute Gasteiger partial charge is 0.243 e. The Morgan fingerprint density at radius 2 is 1.72 bits per heavy atom. The van der Waals surface area contributed by atoms with E-state index in [2.05, 4.69) is 4.98 Å². The van der Waals surface area contributed by atoms with Crippen molar-refractivity contribution in [3.63, 3.8) is 0 Å². The Morgan fingerprint density at radius 3 is 2.50 bits per heavy atom. The molecule has 0 radical (unpaired) electrons. The maximum atomic E-state index is 13.1. The molecular weight excluding hydrogens is 430 g/mol. The average molecular weight is 456 g/mol. The van der Waals surface area contributed by atoms with Gasteiger partial charge < -0.3 is 14.5 Å². The summed E-state index contributed by atoms with van der Waals surface area (Å²) < 4.78 is 38.7. The zero-order chi connectivity index (χ0) is 22.3. The van der Waals surface area contributed by atoms with Crippen molar-refractivity contribution < 1.29 is 22.7 Å². The molecular formula is C23H25N3O5S. The van der Waals surface area contributed by atoms with Crippen LogP contribution >= 0.6 is 0 Å². The number of para-hydroxylation sites is 1. The van der Waals surface area contributed by atoms with Crippen LogP contribution < -0.4 is 9.47 Å². The third kappa shape index (κ3) is 3.76. The molecule has 2 aromatic carbocycles. The molecule has 168 valence electrons. The second kappa shape index (κ2) is 8.23. The zero-order valence-corrected chi connectivity index (χ0v) is 18.7. The lowest BCUT2D eigenvalue weighted by Gasteiger charge is -2.33. The first-order valence-electron chi connectivity index (χ1n) is 10.7. The van der Waals surface area contributed by atoms with Gasteiger partial charge in [-0.1, -0.05) is 18.2 Å². The number of nitrogens with zero attached hydrogens (tertiary/aromatic N) is 2. The monoisotopic (exact) mass is 455 g/mol. The third-order valence-electron chi connectivity index (χ3n) is 6.02. The number of piperazine rings is 1. The second-order valence-electron chi connectivity index (χ2n) is 8.08. The van der Waals surface area contributed by atoms with Crippen LogP contribution in [-0.2, 0) is 10.0 Å². The Balaban J connectivity index is 1.26. The Labute approximate surface area is 186 Å². The SMILES string of the molecule is Cc1[nH]c2ccccc2c1C(=O)CN1CCN(S(=O)(=O)c2ccc3c(c2)OCCO3)CC1. The van der Waals surface area contributed by atoms with Gasteiger partial charge in [-0.15, -0.1) is 0 Å². The molecule has 0 atom stereocenters. The number of hydrogen-bond donors (Lipinski definition) is 1. The van der Waals surface area contributed by atoms with Crippen LogP contribution in [0.15, 0.2) is 47.4 Å². The Hall–Kier alpha value is -2.88. The number of hydrogen-bond acceptors (Lipinski definition) is 6. The van der Waals surface area contributed by atoms with Gasteiger partial charge in [0, 0.05) is 54.4 Å². The maximum Gasteiger partial charge on any atom is 0.243 e. The summed E-state index contributed by atoms with van der Waals surface area (Å²) in [7, 11) is -3.64. The van der Waals surface area contributed by atoms with Crippen molar-refractivity contribution in [3.8, 4) is 11.5 Å². The highest BCUT2D eigenvalue weighted by molar-refractivity contribution is 7.89. The Kier molecular flexibility index (Phi) is 5.40. The van der Waals surface area contributed by atoms with E-state index in [9.17, 15) is 13.2 Å². The number of carbonyl (C=O) groups is 1. The van der Waals surface area contributed by atoms with Crippen molar-refractivity contribution in [2.24, 2.45) is 0 Å². The molecule has 0 spiro atoms. The molecule has 1 aromatic heterocycles. The van der Waals surface area contributed by atoms with E-state index in [1.165, 1.54) is 10.4 Å².